The van der Waals surface area contributed by atoms with Crippen LogP contribution in [0, 0.1) is 0 Å². The molecule has 0 radical (unpaired) electrons. The van der Waals surface area contributed by atoms with Gasteiger partial charge in [0.1, 0.15) is 0 Å². The van der Waals surface area contributed by atoms with Gasteiger partial charge in [-0.3, -0.25) is 0 Å². The van der Waals surface area contributed by atoms with Crippen LogP contribution in [0.25, 0.3) is 10.4 Å². The molecule has 1 aromatic carbocycles. The maximum atomic E-state index is 10.9. The van der Waals surface area contributed by atoms with Crippen LogP contribution in [0.1, 0.15) is 108 Å². The van der Waals surface area contributed by atoms with E-state index in [9.17, 15) is 4.79 Å². The number of rotatable bonds is 10. The van der Waals surface area contributed by atoms with Crippen molar-refractivity contribution in [1.82, 2.24) is 0 Å². The zero-order valence-electron chi connectivity index (χ0n) is 19.1. The van der Waals surface area contributed by atoms with Crippen molar-refractivity contribution in [2.24, 2.45) is 5.11 Å². The Bertz CT molecular complexity index is 647. The number of esters is 1. The van der Waals surface area contributed by atoms with Gasteiger partial charge in [-0.25, -0.2) is 4.79 Å². The number of carbonyl (C=O) groups is 1. The number of aliphatic hydroxyl groups excluding tert-OH is 1. The molecule has 0 saturated heterocycles. The number of nitrogens with zero attached hydrogens (tertiary/aromatic N) is 3. The average Bonchev–Trinajstić information content (AvgIpc) is 3.05. The fourth-order valence-corrected chi connectivity index (χ4v) is 2.80. The third kappa shape index (κ3) is 12.3. The molecule has 6 nitrogen and oxygen atoms in total. The summed E-state index contributed by atoms with van der Waals surface area (Å²) >= 11 is 0. The topological polar surface area (TPSA) is 95.3 Å². The molecule has 0 spiro atoms. The molecule has 0 aromatic heterocycles. The Morgan fingerprint density at radius 2 is 1.70 bits per heavy atom. The molecular weight excluding hydrogens is 378 g/mol. The third-order valence-corrected chi connectivity index (χ3v) is 4.47. The maximum Gasteiger partial charge on any atom is 0.341 e. The molecule has 2 unspecified atom stereocenters. The van der Waals surface area contributed by atoms with Crippen molar-refractivity contribution in [1.29, 1.82) is 0 Å². The molecular formula is C24H39N3O3. The molecule has 1 aliphatic rings. The smallest absolute Gasteiger partial charge is 0.341 e. The minimum Gasteiger partial charge on any atom is -0.428 e. The highest BCUT2D eigenvalue weighted by Crippen LogP contribution is 2.27. The first-order chi connectivity index (χ1) is 14.5. The van der Waals surface area contributed by atoms with Crippen LogP contribution in [-0.2, 0) is 4.74 Å². The average molecular weight is 418 g/mol. The Balaban J connectivity index is 0.000000428. The van der Waals surface area contributed by atoms with E-state index >= 15 is 0 Å². The Hall–Kier alpha value is -2.30. The molecule has 6 heteroatoms. The van der Waals surface area contributed by atoms with Gasteiger partial charge in [-0.2, -0.15) is 0 Å². The second-order valence-electron chi connectivity index (χ2n) is 7.18. The lowest BCUT2D eigenvalue weighted by Gasteiger charge is -2.07. The highest BCUT2D eigenvalue weighted by atomic mass is 16.6. The maximum absolute atomic E-state index is 10.9. The van der Waals surface area contributed by atoms with Crippen molar-refractivity contribution in [3.8, 4) is 0 Å². The lowest BCUT2D eigenvalue weighted by atomic mass is 10.1. The lowest BCUT2D eigenvalue weighted by Crippen LogP contribution is -2.01. The Kier molecular flexibility index (Phi) is 17.3. The zero-order chi connectivity index (χ0) is 22.6. The molecule has 0 amide bonds. The predicted molar refractivity (Wildman–Crippen MR) is 123 cm³/mol. The van der Waals surface area contributed by atoms with Gasteiger partial charge in [-0.05, 0) is 37.3 Å². The van der Waals surface area contributed by atoms with E-state index in [2.05, 4.69) is 54.6 Å². The standard InChI is InChI=1S/C8H17N3.C8H6O3.C8H16/c1-3-5-7-8(6-4-2)10-11-9;9-7-5-3-1-2-4-6(5)8(10)11-7;1-3-5-7-8-6-4-2/h8H,3-7H2,1-2H3;1-4,7,9H;7-8H,3-6H2,1-2H3/b;;8-7+. The number of allylic oxidation sites excluding steroid dienone is 2. The van der Waals surface area contributed by atoms with Crippen molar-refractivity contribution >= 4 is 5.97 Å². The van der Waals surface area contributed by atoms with Gasteiger partial charge < -0.3 is 9.84 Å². The molecule has 0 bridgehead atoms. The van der Waals surface area contributed by atoms with Crippen LogP contribution in [0.15, 0.2) is 41.5 Å². The second-order valence-corrected chi connectivity index (χ2v) is 7.18. The van der Waals surface area contributed by atoms with Gasteiger partial charge in [0.2, 0.25) is 6.29 Å². The summed E-state index contributed by atoms with van der Waals surface area (Å²) in [7, 11) is 0. The van der Waals surface area contributed by atoms with Crippen LogP contribution in [0.5, 0.6) is 0 Å². The first kappa shape index (κ1) is 27.7. The van der Waals surface area contributed by atoms with Gasteiger partial charge in [0.15, 0.2) is 0 Å². The normalized spacial score (nSPS) is 15.1. The highest BCUT2D eigenvalue weighted by Gasteiger charge is 2.28. The van der Waals surface area contributed by atoms with Crippen LogP contribution in [0.2, 0.25) is 0 Å². The van der Waals surface area contributed by atoms with Crippen LogP contribution in [0.3, 0.4) is 0 Å². The molecule has 1 aromatic rings. The van der Waals surface area contributed by atoms with Gasteiger partial charge in [0, 0.05) is 16.5 Å². The number of unbranched alkanes of at least 4 members (excludes halogenated alkanes) is 3. The summed E-state index contributed by atoms with van der Waals surface area (Å²) in [6.07, 6.45) is 14.1. The third-order valence-electron chi connectivity index (χ3n) is 4.47. The molecule has 2 atom stereocenters. The monoisotopic (exact) mass is 417 g/mol. The number of fused-ring (bicyclic) bond motifs is 1. The number of cyclic esters (lactones) is 1. The van der Waals surface area contributed by atoms with E-state index in [4.69, 9.17) is 10.6 Å². The number of carbonyl (C=O) groups excluding carboxylic acids is 1. The van der Waals surface area contributed by atoms with Gasteiger partial charge in [-0.1, -0.05) is 95.3 Å². The van der Waals surface area contributed by atoms with E-state index in [0.717, 1.165) is 19.3 Å². The van der Waals surface area contributed by atoms with E-state index in [1.165, 1.54) is 38.5 Å². The molecule has 0 aliphatic carbocycles. The predicted octanol–water partition coefficient (Wildman–Crippen LogP) is 7.65. The molecule has 1 aliphatic heterocycles. The van der Waals surface area contributed by atoms with Crippen molar-refractivity contribution in [3.63, 3.8) is 0 Å². The van der Waals surface area contributed by atoms with Crippen LogP contribution >= 0.6 is 0 Å². The molecule has 1 N–H and O–H groups in total. The summed E-state index contributed by atoms with van der Waals surface area (Å²) < 4.78 is 4.55. The largest absolute Gasteiger partial charge is 0.428 e. The minimum absolute atomic E-state index is 0.241. The zero-order valence-corrected chi connectivity index (χ0v) is 19.1. The molecule has 0 saturated carbocycles. The van der Waals surface area contributed by atoms with Crippen molar-refractivity contribution in [2.45, 2.75) is 97.8 Å². The molecule has 168 valence electrons. The SMILES string of the molecule is CCC/C=C/CCC.CCCCC(CCC)N=[N+]=[N-].O=C1OC(O)c2ccccc21. The number of azide groups is 1. The summed E-state index contributed by atoms with van der Waals surface area (Å²) in [5, 5.41) is 12.8. The Labute approximate surface area is 182 Å². The van der Waals surface area contributed by atoms with Crippen molar-refractivity contribution in [2.75, 3.05) is 0 Å². The summed E-state index contributed by atoms with van der Waals surface area (Å²) in [4.78, 5) is 13.7. The van der Waals surface area contributed by atoms with Gasteiger partial charge in [0.25, 0.3) is 0 Å². The molecule has 30 heavy (non-hydrogen) atoms. The fourth-order valence-electron chi connectivity index (χ4n) is 2.80. The van der Waals surface area contributed by atoms with E-state index in [1.54, 1.807) is 24.3 Å². The quantitative estimate of drug-likeness (QED) is 0.139. The van der Waals surface area contributed by atoms with Crippen LogP contribution in [0.4, 0.5) is 0 Å². The van der Waals surface area contributed by atoms with Crippen LogP contribution in [-0.4, -0.2) is 17.1 Å². The van der Waals surface area contributed by atoms with Gasteiger partial charge >= 0.3 is 5.97 Å². The van der Waals surface area contributed by atoms with E-state index < -0.39 is 12.3 Å². The highest BCUT2D eigenvalue weighted by molar-refractivity contribution is 5.93. The van der Waals surface area contributed by atoms with Gasteiger partial charge in [0.05, 0.1) is 5.56 Å². The molecule has 1 heterocycles. The number of hydrogen-bond donors (Lipinski definition) is 1. The number of benzene rings is 1. The number of aliphatic hydroxyl groups is 1. The number of ether oxygens (including phenoxy) is 1. The first-order valence-corrected chi connectivity index (χ1v) is 11.2. The lowest BCUT2D eigenvalue weighted by molar-refractivity contribution is -0.0547. The van der Waals surface area contributed by atoms with E-state index in [-0.39, 0.29) is 6.04 Å². The summed E-state index contributed by atoms with van der Waals surface area (Å²) in [5.41, 5.74) is 9.23. The Morgan fingerprint density at radius 3 is 2.20 bits per heavy atom. The van der Waals surface area contributed by atoms with Crippen LogP contribution < -0.4 is 0 Å². The summed E-state index contributed by atoms with van der Waals surface area (Å²) in [5.74, 6) is -0.451. The van der Waals surface area contributed by atoms with E-state index in [0.29, 0.717) is 11.1 Å². The molecule has 0 fully saturated rings. The molecule has 2 rings (SSSR count). The number of hydrogen-bond acceptors (Lipinski definition) is 4. The Morgan fingerprint density at radius 1 is 1.07 bits per heavy atom. The van der Waals surface area contributed by atoms with E-state index in [1.807, 2.05) is 0 Å². The first-order valence-electron chi connectivity index (χ1n) is 11.2. The van der Waals surface area contributed by atoms with Crippen molar-refractivity contribution < 1.29 is 14.6 Å². The summed E-state index contributed by atoms with van der Waals surface area (Å²) in [6, 6.07) is 7.03. The minimum atomic E-state index is -1.07. The fraction of sp³-hybridized carbons (Fsp3) is 0.625. The van der Waals surface area contributed by atoms with Crippen molar-refractivity contribution in [3.05, 3.63) is 58.0 Å². The second kappa shape index (κ2) is 18.7. The summed E-state index contributed by atoms with van der Waals surface area (Å²) in [6.45, 7) is 8.68. The van der Waals surface area contributed by atoms with Gasteiger partial charge in [-0.15, -0.1) is 0 Å².